The molecule has 0 radical (unpaired) electrons. The van der Waals surface area contributed by atoms with Crippen LogP contribution in [0.1, 0.15) is 101 Å². The Morgan fingerprint density at radius 2 is 1.92 bits per heavy atom. The average Bonchev–Trinajstić information content (AvgIpc) is 3.45. The molecule has 0 aliphatic carbocycles. The molecule has 3 atom stereocenters. The Morgan fingerprint density at radius 1 is 1.19 bits per heavy atom. The lowest BCUT2D eigenvalue weighted by atomic mass is 10.00. The van der Waals surface area contributed by atoms with Gasteiger partial charge in [-0.2, -0.15) is 13.2 Å². The van der Waals surface area contributed by atoms with Crippen LogP contribution in [0.15, 0.2) is 30.3 Å². The van der Waals surface area contributed by atoms with Crippen molar-refractivity contribution < 1.29 is 18.0 Å². The molecule has 1 fully saturated rings. The maximum Gasteiger partial charge on any atom is 0.389 e. The molecule has 1 saturated heterocycles. The quantitative estimate of drug-likeness (QED) is 0.377. The van der Waals surface area contributed by atoms with E-state index in [9.17, 15) is 18.0 Å². The van der Waals surface area contributed by atoms with E-state index in [1.165, 1.54) is 0 Å². The van der Waals surface area contributed by atoms with E-state index in [0.717, 1.165) is 56.0 Å². The number of hydrogen-bond donors (Lipinski definition) is 1. The van der Waals surface area contributed by atoms with Crippen LogP contribution in [0.3, 0.4) is 0 Å². The Morgan fingerprint density at radius 3 is 2.56 bits per heavy atom. The van der Waals surface area contributed by atoms with E-state index in [-0.39, 0.29) is 6.04 Å². The first kappa shape index (κ1) is 28.2. The second-order valence-electron chi connectivity index (χ2n) is 10.2. The monoisotopic (exact) mass is 507 g/mol. The van der Waals surface area contributed by atoms with Crippen LogP contribution in [0.25, 0.3) is 0 Å². The summed E-state index contributed by atoms with van der Waals surface area (Å²) >= 11 is 0. The molecule has 2 heterocycles. The second kappa shape index (κ2) is 12.7. The summed E-state index contributed by atoms with van der Waals surface area (Å²) in [4.78, 5) is 14.8. The summed E-state index contributed by atoms with van der Waals surface area (Å²) in [5.74, 6) is 1.71. The Hall–Kier alpha value is -2.42. The molecular formula is C27H40F3N5O. The first-order valence-electron chi connectivity index (χ1n) is 13.2. The van der Waals surface area contributed by atoms with Crippen LogP contribution in [0.5, 0.6) is 0 Å². The van der Waals surface area contributed by atoms with Crippen molar-refractivity contribution in [1.82, 2.24) is 25.0 Å². The number of nitrogens with zero attached hydrogens (tertiary/aromatic N) is 4. The number of hydrogen-bond acceptors (Lipinski definition) is 4. The number of halogens is 3. The van der Waals surface area contributed by atoms with Crippen LogP contribution < -0.4 is 5.32 Å². The predicted molar refractivity (Wildman–Crippen MR) is 135 cm³/mol. The summed E-state index contributed by atoms with van der Waals surface area (Å²) in [7, 11) is 0. The van der Waals surface area contributed by atoms with Crippen molar-refractivity contribution in [2.45, 2.75) is 103 Å². The molecule has 1 aromatic heterocycles. The smallest absolute Gasteiger partial charge is 0.349 e. The van der Waals surface area contributed by atoms with Crippen LogP contribution >= 0.6 is 0 Å². The first-order chi connectivity index (χ1) is 17.1. The molecule has 1 amide bonds. The minimum absolute atomic E-state index is 0.299. The summed E-state index contributed by atoms with van der Waals surface area (Å²) in [6.07, 6.45) is -1.11. The third-order valence-electron chi connectivity index (χ3n) is 7.17. The largest absolute Gasteiger partial charge is 0.389 e. The molecule has 1 N–H and O–H groups in total. The molecule has 36 heavy (non-hydrogen) atoms. The molecule has 2 aromatic rings. The molecule has 1 aliphatic heterocycles. The van der Waals surface area contributed by atoms with Gasteiger partial charge in [-0.1, -0.05) is 51.1 Å². The lowest BCUT2D eigenvalue weighted by Gasteiger charge is -2.31. The van der Waals surface area contributed by atoms with Crippen LogP contribution in [0.4, 0.5) is 13.2 Å². The first-order valence-corrected chi connectivity index (χ1v) is 13.2. The maximum absolute atomic E-state index is 12.6. The highest BCUT2D eigenvalue weighted by Gasteiger charge is 2.31. The number of carbonyl (C=O) groups is 1. The van der Waals surface area contributed by atoms with Gasteiger partial charge in [-0.15, -0.1) is 10.2 Å². The van der Waals surface area contributed by atoms with E-state index >= 15 is 0 Å². The summed E-state index contributed by atoms with van der Waals surface area (Å²) < 4.78 is 40.1. The number of amides is 1. The molecule has 6 nitrogen and oxygen atoms in total. The van der Waals surface area contributed by atoms with Gasteiger partial charge < -0.3 is 14.8 Å². The van der Waals surface area contributed by atoms with Crippen molar-refractivity contribution in [2.75, 3.05) is 13.1 Å². The van der Waals surface area contributed by atoms with Crippen LogP contribution in [0, 0.1) is 6.92 Å². The molecule has 1 aromatic carbocycles. The second-order valence-corrected chi connectivity index (χ2v) is 10.2. The van der Waals surface area contributed by atoms with Gasteiger partial charge in [0.05, 0.1) is 12.5 Å². The molecular weight excluding hydrogens is 467 g/mol. The fourth-order valence-corrected chi connectivity index (χ4v) is 5.28. The van der Waals surface area contributed by atoms with Gasteiger partial charge in [0.25, 0.3) is 0 Å². The van der Waals surface area contributed by atoms with Gasteiger partial charge in [-0.3, -0.25) is 4.79 Å². The third-order valence-corrected chi connectivity index (χ3v) is 7.17. The normalized spacial score (nSPS) is 18.5. The van der Waals surface area contributed by atoms with Crippen molar-refractivity contribution in [2.24, 2.45) is 0 Å². The van der Waals surface area contributed by atoms with Crippen molar-refractivity contribution in [3.63, 3.8) is 0 Å². The van der Waals surface area contributed by atoms with Crippen molar-refractivity contribution in [3.05, 3.63) is 47.5 Å². The minimum Gasteiger partial charge on any atom is -0.349 e. The van der Waals surface area contributed by atoms with Crippen LogP contribution in [0.2, 0.25) is 0 Å². The summed E-state index contributed by atoms with van der Waals surface area (Å²) in [5.41, 5.74) is 0.918. The number of carbonyl (C=O) groups excluding carboxylic acids is 1. The lowest BCUT2D eigenvalue weighted by Crippen LogP contribution is -2.36. The molecule has 0 saturated carbocycles. The Labute approximate surface area is 212 Å². The predicted octanol–water partition coefficient (Wildman–Crippen LogP) is 6.11. The average molecular weight is 508 g/mol. The standard InChI is InChI=1S/C27H40F3N5O/c1-5-22(35-20(4)32-33-26(35)19(2)3)18-23-12-9-16-34(23)17-14-24(21-10-7-6-8-11-21)31-25(36)13-15-27(28,29)30/h6-8,10-11,19,22-24H,5,9,12-18H2,1-4H3,(H,31,36)/t22?,23?,24-/m0/s1. The van der Waals surface area contributed by atoms with E-state index < -0.39 is 24.9 Å². The highest BCUT2D eigenvalue weighted by molar-refractivity contribution is 5.76. The van der Waals surface area contributed by atoms with E-state index in [2.05, 4.69) is 45.8 Å². The van der Waals surface area contributed by atoms with Crippen molar-refractivity contribution >= 4 is 5.91 Å². The highest BCUT2D eigenvalue weighted by atomic mass is 19.4. The zero-order chi connectivity index (χ0) is 26.3. The molecule has 2 unspecified atom stereocenters. The summed E-state index contributed by atoms with van der Waals surface area (Å²) in [6, 6.07) is 9.93. The molecule has 0 spiro atoms. The lowest BCUT2D eigenvalue weighted by molar-refractivity contribution is -0.144. The SMILES string of the molecule is CCC(CC1CCCN1CC[C@H](NC(=O)CCC(F)(F)F)c1ccccc1)n1c(C)nnc1C(C)C. The number of aryl methyl sites for hydroxylation is 1. The molecule has 9 heteroatoms. The van der Waals surface area contributed by atoms with Gasteiger partial charge in [-0.25, -0.2) is 0 Å². The van der Waals surface area contributed by atoms with Crippen LogP contribution in [-0.4, -0.2) is 50.9 Å². The number of benzene rings is 1. The highest BCUT2D eigenvalue weighted by Crippen LogP contribution is 2.31. The number of likely N-dealkylation sites (tertiary alicyclic amines) is 1. The van der Waals surface area contributed by atoms with Crippen molar-refractivity contribution in [1.29, 1.82) is 0 Å². The minimum atomic E-state index is -4.34. The number of rotatable bonds is 12. The molecule has 3 rings (SSSR count). The Kier molecular flexibility index (Phi) is 9.93. The van der Waals surface area contributed by atoms with E-state index in [1.54, 1.807) is 0 Å². The summed E-state index contributed by atoms with van der Waals surface area (Å²) in [6.45, 7) is 10.3. The zero-order valence-corrected chi connectivity index (χ0v) is 21.9. The van der Waals surface area contributed by atoms with Crippen molar-refractivity contribution in [3.8, 4) is 0 Å². The van der Waals surface area contributed by atoms with Gasteiger partial charge in [0.1, 0.15) is 11.6 Å². The fraction of sp³-hybridized carbons (Fsp3) is 0.667. The number of alkyl halides is 3. The van der Waals surface area contributed by atoms with Gasteiger partial charge in [0, 0.05) is 31.0 Å². The molecule has 0 bridgehead atoms. The Bertz CT molecular complexity index is 960. The number of nitrogens with one attached hydrogen (secondary N) is 1. The zero-order valence-electron chi connectivity index (χ0n) is 21.9. The fourth-order valence-electron chi connectivity index (χ4n) is 5.28. The van der Waals surface area contributed by atoms with Gasteiger partial charge in [0.15, 0.2) is 0 Å². The Balaban J connectivity index is 1.66. The number of aromatic nitrogens is 3. The van der Waals surface area contributed by atoms with Gasteiger partial charge >= 0.3 is 6.18 Å². The third kappa shape index (κ3) is 7.79. The van der Waals surface area contributed by atoms with E-state index in [4.69, 9.17) is 0 Å². The molecule has 1 aliphatic rings. The maximum atomic E-state index is 12.6. The summed E-state index contributed by atoms with van der Waals surface area (Å²) in [5, 5.41) is 11.6. The van der Waals surface area contributed by atoms with E-state index in [0.29, 0.717) is 24.4 Å². The van der Waals surface area contributed by atoms with Gasteiger partial charge in [-0.05, 0) is 51.1 Å². The topological polar surface area (TPSA) is 63.1 Å². The van der Waals surface area contributed by atoms with Crippen LogP contribution in [-0.2, 0) is 4.79 Å². The van der Waals surface area contributed by atoms with Gasteiger partial charge in [0.2, 0.25) is 5.91 Å². The molecule has 200 valence electrons. The van der Waals surface area contributed by atoms with E-state index in [1.807, 2.05) is 37.3 Å².